The molecule has 3 aromatic rings. The molecule has 4 heterocycles. The lowest BCUT2D eigenvalue weighted by Crippen LogP contribution is -2.62. The molecule has 126 valence electrons. The van der Waals surface area contributed by atoms with Crippen molar-refractivity contribution in [1.29, 1.82) is 0 Å². The molecule has 0 radical (unpaired) electrons. The summed E-state index contributed by atoms with van der Waals surface area (Å²) in [6, 6.07) is 9.12. The molecule has 0 saturated carbocycles. The fraction of sp³-hybridized carbons (Fsp3) is 0.263. The summed E-state index contributed by atoms with van der Waals surface area (Å²) in [6.45, 7) is 0.110. The lowest BCUT2D eigenvalue weighted by molar-refractivity contribution is -0.157. The molecule has 1 aromatic carbocycles. The van der Waals surface area contributed by atoms with Crippen LogP contribution in [0.5, 0.6) is 0 Å². The summed E-state index contributed by atoms with van der Waals surface area (Å²) in [5.41, 5.74) is 3.99. The average molecular weight is 335 g/mol. The van der Waals surface area contributed by atoms with Crippen LogP contribution in [0.15, 0.2) is 47.3 Å². The molecule has 2 aliphatic rings. The molecule has 1 N–H and O–H groups in total. The van der Waals surface area contributed by atoms with E-state index in [1.54, 1.807) is 24.5 Å². The third kappa shape index (κ3) is 1.91. The summed E-state index contributed by atoms with van der Waals surface area (Å²) in [5.74, 6) is -0.0494. The van der Waals surface area contributed by atoms with Crippen LogP contribution in [0, 0.1) is 0 Å². The van der Waals surface area contributed by atoms with Gasteiger partial charge in [-0.15, -0.1) is 0 Å². The number of aromatic nitrogens is 1. The summed E-state index contributed by atoms with van der Waals surface area (Å²) in [6.07, 6.45) is 3.78. The SMILES string of the molecule is CN1CC(=O)N2C(Cc3c([nH]c4ccccc34)C2c2ccoc2)C1=O. The summed E-state index contributed by atoms with van der Waals surface area (Å²) in [7, 11) is 1.69. The number of fused-ring (bicyclic) bond motifs is 4. The Labute approximate surface area is 144 Å². The average Bonchev–Trinajstić information content (AvgIpc) is 3.25. The number of hydrogen-bond donors (Lipinski definition) is 1. The number of furan rings is 1. The molecule has 2 aliphatic heterocycles. The lowest BCUT2D eigenvalue weighted by Gasteiger charge is -2.45. The first-order chi connectivity index (χ1) is 12.1. The van der Waals surface area contributed by atoms with Gasteiger partial charge in [-0.3, -0.25) is 9.59 Å². The van der Waals surface area contributed by atoms with E-state index in [9.17, 15) is 9.59 Å². The van der Waals surface area contributed by atoms with E-state index in [1.807, 2.05) is 24.3 Å². The highest BCUT2D eigenvalue weighted by molar-refractivity contribution is 5.97. The molecular weight excluding hydrogens is 318 g/mol. The second-order valence-electron chi connectivity index (χ2n) is 6.74. The van der Waals surface area contributed by atoms with Gasteiger partial charge in [-0.2, -0.15) is 0 Å². The highest BCUT2D eigenvalue weighted by Gasteiger charge is 2.47. The Morgan fingerprint density at radius 3 is 2.84 bits per heavy atom. The third-order valence-electron chi connectivity index (χ3n) is 5.31. The van der Waals surface area contributed by atoms with Gasteiger partial charge in [-0.25, -0.2) is 0 Å². The van der Waals surface area contributed by atoms with E-state index < -0.39 is 6.04 Å². The standard InChI is InChI=1S/C19H17N3O3/c1-21-9-16(23)22-15(19(21)24)8-13-12-4-2-3-5-14(12)20-17(13)18(22)11-6-7-25-10-11/h2-7,10,15,18,20H,8-9H2,1H3. The van der Waals surface area contributed by atoms with Crippen molar-refractivity contribution in [2.75, 3.05) is 13.6 Å². The molecule has 2 aromatic heterocycles. The number of para-hydroxylation sites is 1. The smallest absolute Gasteiger partial charge is 0.245 e. The number of carbonyl (C=O) groups excluding carboxylic acids is 2. The number of carbonyl (C=O) groups is 2. The van der Waals surface area contributed by atoms with Crippen LogP contribution in [0.25, 0.3) is 10.9 Å². The maximum Gasteiger partial charge on any atom is 0.245 e. The van der Waals surface area contributed by atoms with E-state index in [4.69, 9.17) is 4.42 Å². The largest absolute Gasteiger partial charge is 0.472 e. The Balaban J connectivity index is 1.77. The monoisotopic (exact) mass is 335 g/mol. The van der Waals surface area contributed by atoms with E-state index in [0.29, 0.717) is 6.42 Å². The second-order valence-corrected chi connectivity index (χ2v) is 6.74. The molecule has 2 unspecified atom stereocenters. The Morgan fingerprint density at radius 1 is 1.20 bits per heavy atom. The van der Waals surface area contributed by atoms with Gasteiger partial charge >= 0.3 is 0 Å². The van der Waals surface area contributed by atoms with Crippen molar-refractivity contribution in [3.05, 3.63) is 59.7 Å². The van der Waals surface area contributed by atoms with Gasteiger partial charge in [0.1, 0.15) is 12.1 Å². The Hall–Kier alpha value is -3.02. The van der Waals surface area contributed by atoms with Gasteiger partial charge in [-0.1, -0.05) is 18.2 Å². The number of amides is 2. The molecule has 6 nitrogen and oxygen atoms in total. The molecule has 6 heteroatoms. The molecule has 2 amide bonds. The van der Waals surface area contributed by atoms with E-state index >= 15 is 0 Å². The number of aromatic amines is 1. The molecule has 2 atom stereocenters. The van der Waals surface area contributed by atoms with Crippen LogP contribution in [-0.2, 0) is 16.0 Å². The predicted molar refractivity (Wildman–Crippen MR) is 90.8 cm³/mol. The normalized spacial score (nSPS) is 23.1. The number of H-pyrrole nitrogens is 1. The van der Waals surface area contributed by atoms with E-state index in [0.717, 1.165) is 27.7 Å². The minimum Gasteiger partial charge on any atom is -0.472 e. The van der Waals surface area contributed by atoms with Gasteiger partial charge in [-0.05, 0) is 17.7 Å². The summed E-state index contributed by atoms with van der Waals surface area (Å²) >= 11 is 0. The zero-order valence-corrected chi connectivity index (χ0v) is 13.7. The van der Waals surface area contributed by atoms with Crippen molar-refractivity contribution < 1.29 is 14.0 Å². The van der Waals surface area contributed by atoms with Crippen molar-refractivity contribution in [3.63, 3.8) is 0 Å². The first-order valence-corrected chi connectivity index (χ1v) is 8.33. The van der Waals surface area contributed by atoms with Crippen LogP contribution >= 0.6 is 0 Å². The van der Waals surface area contributed by atoms with Crippen molar-refractivity contribution in [2.24, 2.45) is 0 Å². The zero-order chi connectivity index (χ0) is 17.1. The van der Waals surface area contributed by atoms with Gasteiger partial charge in [0.05, 0.1) is 19.1 Å². The Bertz CT molecular complexity index is 989. The molecule has 0 aliphatic carbocycles. The topological polar surface area (TPSA) is 69.6 Å². The van der Waals surface area contributed by atoms with Gasteiger partial charge in [0, 0.05) is 35.6 Å². The van der Waals surface area contributed by atoms with Crippen LogP contribution in [0.2, 0.25) is 0 Å². The zero-order valence-electron chi connectivity index (χ0n) is 13.7. The number of hydrogen-bond acceptors (Lipinski definition) is 3. The van der Waals surface area contributed by atoms with Gasteiger partial charge in [0.2, 0.25) is 11.8 Å². The Morgan fingerprint density at radius 2 is 2.04 bits per heavy atom. The number of benzene rings is 1. The molecular formula is C19H17N3O3. The second kappa shape index (κ2) is 4.99. The van der Waals surface area contributed by atoms with E-state index in [2.05, 4.69) is 11.1 Å². The van der Waals surface area contributed by atoms with Crippen molar-refractivity contribution in [1.82, 2.24) is 14.8 Å². The minimum absolute atomic E-state index is 0.0102. The molecule has 25 heavy (non-hydrogen) atoms. The fourth-order valence-electron chi connectivity index (χ4n) is 4.18. The third-order valence-corrected chi connectivity index (χ3v) is 5.31. The van der Waals surface area contributed by atoms with Crippen LogP contribution in [0.3, 0.4) is 0 Å². The van der Waals surface area contributed by atoms with Gasteiger partial charge in [0.15, 0.2) is 0 Å². The van der Waals surface area contributed by atoms with Crippen LogP contribution in [0.4, 0.5) is 0 Å². The minimum atomic E-state index is -0.474. The first-order valence-electron chi connectivity index (χ1n) is 8.33. The number of rotatable bonds is 1. The first kappa shape index (κ1) is 14.3. The number of nitrogens with zero attached hydrogens (tertiary/aromatic N) is 2. The number of nitrogens with one attached hydrogen (secondary N) is 1. The van der Waals surface area contributed by atoms with Crippen molar-refractivity contribution in [2.45, 2.75) is 18.5 Å². The summed E-state index contributed by atoms with van der Waals surface area (Å²) in [4.78, 5) is 32.3. The molecule has 0 spiro atoms. The van der Waals surface area contributed by atoms with E-state index in [1.165, 1.54) is 4.90 Å². The molecule has 5 rings (SSSR count). The van der Waals surface area contributed by atoms with Crippen LogP contribution in [-0.4, -0.2) is 46.2 Å². The van der Waals surface area contributed by atoms with Gasteiger partial charge < -0.3 is 19.2 Å². The molecule has 1 fully saturated rings. The molecule has 1 saturated heterocycles. The maximum atomic E-state index is 12.8. The summed E-state index contributed by atoms with van der Waals surface area (Å²) in [5, 5.41) is 1.11. The molecule has 0 bridgehead atoms. The van der Waals surface area contributed by atoms with Crippen LogP contribution < -0.4 is 0 Å². The summed E-state index contributed by atoms with van der Waals surface area (Å²) < 4.78 is 5.27. The quantitative estimate of drug-likeness (QED) is 0.740. The number of likely N-dealkylation sites (N-methyl/N-ethyl adjacent to an activating group) is 1. The van der Waals surface area contributed by atoms with E-state index in [-0.39, 0.29) is 24.4 Å². The lowest BCUT2D eigenvalue weighted by atomic mass is 9.87. The van der Waals surface area contributed by atoms with Crippen LogP contribution in [0.1, 0.15) is 22.9 Å². The van der Waals surface area contributed by atoms with Crippen molar-refractivity contribution in [3.8, 4) is 0 Å². The van der Waals surface area contributed by atoms with Crippen molar-refractivity contribution >= 4 is 22.7 Å². The highest BCUT2D eigenvalue weighted by atomic mass is 16.3. The Kier molecular flexibility index (Phi) is 2.86. The predicted octanol–water partition coefficient (Wildman–Crippen LogP) is 2.08. The van der Waals surface area contributed by atoms with Gasteiger partial charge in [0.25, 0.3) is 0 Å². The highest BCUT2D eigenvalue weighted by Crippen LogP contribution is 2.42. The maximum absolute atomic E-state index is 12.8. The fourth-order valence-corrected chi connectivity index (χ4v) is 4.18. The number of piperazine rings is 1.